The maximum absolute atomic E-state index is 13.6. The maximum atomic E-state index is 13.6. The van der Waals surface area contributed by atoms with Crippen LogP contribution in [0.3, 0.4) is 0 Å². The summed E-state index contributed by atoms with van der Waals surface area (Å²) in [4.78, 5) is 22.8. The highest BCUT2D eigenvalue weighted by atomic mass is 35.5. The van der Waals surface area contributed by atoms with E-state index in [9.17, 15) is 4.79 Å². The number of furan rings is 1. The molecule has 2 aromatic heterocycles. The summed E-state index contributed by atoms with van der Waals surface area (Å²) in [6.07, 6.45) is 4.55. The number of aromatic nitrogens is 2. The van der Waals surface area contributed by atoms with Crippen LogP contribution < -0.4 is 14.8 Å². The van der Waals surface area contributed by atoms with Crippen molar-refractivity contribution in [1.82, 2.24) is 19.4 Å². The SMILES string of the molecule is COc1ccc(C(=O)N(C)CC(CCN2CCC(Nc3nc4ccccc4n3Cc3ccco3)CC2)c2ccc(Cl)c(Cl)c2)c(OC)c1. The van der Waals surface area contributed by atoms with Crippen LogP contribution in [0.2, 0.25) is 10.0 Å². The molecule has 9 nitrogen and oxygen atoms in total. The van der Waals surface area contributed by atoms with Gasteiger partial charge in [-0.25, -0.2) is 4.98 Å². The summed E-state index contributed by atoms with van der Waals surface area (Å²) >= 11 is 12.7. The van der Waals surface area contributed by atoms with Crippen molar-refractivity contribution in [1.29, 1.82) is 0 Å². The molecule has 5 aromatic rings. The van der Waals surface area contributed by atoms with Crippen LogP contribution >= 0.6 is 23.2 Å². The van der Waals surface area contributed by atoms with Gasteiger partial charge in [0, 0.05) is 44.7 Å². The second kappa shape index (κ2) is 15.4. The minimum Gasteiger partial charge on any atom is -0.497 e. The Morgan fingerprint density at radius 2 is 1.83 bits per heavy atom. The summed E-state index contributed by atoms with van der Waals surface area (Å²) in [6.45, 7) is 3.94. The third-order valence-electron chi connectivity index (χ3n) is 9.16. The largest absolute Gasteiger partial charge is 0.497 e. The van der Waals surface area contributed by atoms with Gasteiger partial charge >= 0.3 is 0 Å². The molecule has 3 aromatic carbocycles. The summed E-state index contributed by atoms with van der Waals surface area (Å²) in [5.41, 5.74) is 3.58. The Labute approximate surface area is 291 Å². The number of nitrogens with zero attached hydrogens (tertiary/aromatic N) is 4. The van der Waals surface area contributed by atoms with E-state index in [1.54, 1.807) is 43.6 Å². The number of carbonyl (C=O) groups is 1. The number of benzene rings is 3. The minimum atomic E-state index is -0.121. The Hall–Kier alpha value is -4.18. The third kappa shape index (κ3) is 7.75. The van der Waals surface area contributed by atoms with E-state index in [-0.39, 0.29) is 11.8 Å². The fourth-order valence-electron chi connectivity index (χ4n) is 6.45. The van der Waals surface area contributed by atoms with Gasteiger partial charge in [0.2, 0.25) is 5.95 Å². The van der Waals surface area contributed by atoms with E-state index >= 15 is 0 Å². The Morgan fingerprint density at radius 3 is 2.56 bits per heavy atom. The molecule has 3 heterocycles. The monoisotopic (exact) mass is 689 g/mol. The first-order valence-electron chi connectivity index (χ1n) is 16.2. The highest BCUT2D eigenvalue weighted by molar-refractivity contribution is 6.42. The Bertz CT molecular complexity index is 1840. The molecule has 11 heteroatoms. The molecule has 0 spiro atoms. The fourth-order valence-corrected chi connectivity index (χ4v) is 6.76. The van der Waals surface area contributed by atoms with Gasteiger partial charge in [-0.1, -0.05) is 41.4 Å². The van der Waals surface area contributed by atoms with Gasteiger partial charge in [0.1, 0.15) is 17.3 Å². The van der Waals surface area contributed by atoms with Crippen molar-refractivity contribution < 1.29 is 18.7 Å². The van der Waals surface area contributed by atoms with Crippen LogP contribution in [0.25, 0.3) is 11.0 Å². The second-order valence-corrected chi connectivity index (χ2v) is 13.1. The molecule has 6 rings (SSSR count). The lowest BCUT2D eigenvalue weighted by molar-refractivity contribution is 0.0778. The van der Waals surface area contributed by atoms with Gasteiger partial charge in [-0.2, -0.15) is 0 Å². The van der Waals surface area contributed by atoms with Crippen molar-refractivity contribution in [3.63, 3.8) is 0 Å². The molecule has 1 saturated heterocycles. The number of para-hydroxylation sites is 2. The fraction of sp³-hybridized carbons (Fsp3) is 0.351. The van der Waals surface area contributed by atoms with Gasteiger partial charge in [-0.3, -0.25) is 4.79 Å². The molecule has 1 N–H and O–H groups in total. The van der Waals surface area contributed by atoms with Gasteiger partial charge in [-0.15, -0.1) is 0 Å². The number of imidazole rings is 1. The van der Waals surface area contributed by atoms with Gasteiger partial charge in [0.15, 0.2) is 0 Å². The van der Waals surface area contributed by atoms with E-state index in [2.05, 4.69) is 20.9 Å². The van der Waals surface area contributed by atoms with Crippen LogP contribution in [0.15, 0.2) is 83.5 Å². The molecule has 1 amide bonds. The number of halogens is 2. The van der Waals surface area contributed by atoms with E-state index in [0.29, 0.717) is 46.2 Å². The molecule has 1 fully saturated rings. The van der Waals surface area contributed by atoms with Crippen molar-refractivity contribution in [2.45, 2.75) is 37.8 Å². The molecule has 1 aliphatic rings. The minimum absolute atomic E-state index is 0.0512. The summed E-state index contributed by atoms with van der Waals surface area (Å²) in [6, 6.07) is 23.4. The number of hydrogen-bond donors (Lipinski definition) is 1. The molecule has 0 radical (unpaired) electrons. The second-order valence-electron chi connectivity index (χ2n) is 12.3. The average Bonchev–Trinajstić information content (AvgIpc) is 3.75. The molecular weight excluding hydrogens is 649 g/mol. The zero-order chi connectivity index (χ0) is 33.6. The predicted molar refractivity (Wildman–Crippen MR) is 191 cm³/mol. The van der Waals surface area contributed by atoms with Crippen molar-refractivity contribution in [3.05, 3.63) is 106 Å². The maximum Gasteiger partial charge on any atom is 0.257 e. The number of anilines is 1. The van der Waals surface area contributed by atoms with Crippen molar-refractivity contribution in [2.75, 3.05) is 52.8 Å². The number of amides is 1. The van der Waals surface area contributed by atoms with Crippen LogP contribution in [0.5, 0.6) is 11.5 Å². The smallest absolute Gasteiger partial charge is 0.257 e. The average molecular weight is 691 g/mol. The lowest BCUT2D eigenvalue weighted by Crippen LogP contribution is -2.40. The predicted octanol–water partition coefficient (Wildman–Crippen LogP) is 7.82. The Morgan fingerprint density at radius 1 is 1.02 bits per heavy atom. The Kier molecular flexibility index (Phi) is 10.8. The first kappa shape index (κ1) is 33.7. The molecule has 252 valence electrons. The number of fused-ring (bicyclic) bond motifs is 1. The summed E-state index contributed by atoms with van der Waals surface area (Å²) in [7, 11) is 4.97. The summed E-state index contributed by atoms with van der Waals surface area (Å²) in [5.74, 6) is 2.80. The summed E-state index contributed by atoms with van der Waals surface area (Å²) < 4.78 is 18.7. The molecule has 1 atom stereocenters. The van der Waals surface area contributed by atoms with Gasteiger partial charge in [0.05, 0.1) is 53.7 Å². The third-order valence-corrected chi connectivity index (χ3v) is 9.90. The zero-order valence-corrected chi connectivity index (χ0v) is 29.0. The number of likely N-dealkylation sites (N-methyl/N-ethyl adjacent to an activating group) is 1. The van der Waals surface area contributed by atoms with Crippen LogP contribution in [0, 0.1) is 0 Å². The first-order chi connectivity index (χ1) is 23.3. The van der Waals surface area contributed by atoms with E-state index in [0.717, 1.165) is 67.2 Å². The molecule has 1 aliphatic heterocycles. The number of nitrogens with one attached hydrogen (secondary N) is 1. The number of carbonyl (C=O) groups excluding carboxylic acids is 1. The molecule has 0 aliphatic carbocycles. The number of likely N-dealkylation sites (tertiary alicyclic amines) is 1. The van der Waals surface area contributed by atoms with Crippen molar-refractivity contribution in [3.8, 4) is 11.5 Å². The van der Waals surface area contributed by atoms with Crippen LogP contribution in [-0.4, -0.2) is 78.7 Å². The molecule has 0 bridgehead atoms. The lowest BCUT2D eigenvalue weighted by atomic mass is 9.94. The van der Waals surface area contributed by atoms with Crippen LogP contribution in [0.4, 0.5) is 5.95 Å². The topological polar surface area (TPSA) is 85.0 Å². The highest BCUT2D eigenvalue weighted by Gasteiger charge is 2.25. The first-order valence-corrected chi connectivity index (χ1v) is 17.0. The van der Waals surface area contributed by atoms with Crippen LogP contribution in [0.1, 0.15) is 46.9 Å². The van der Waals surface area contributed by atoms with E-state index in [1.165, 1.54) is 0 Å². The molecular formula is C37H41Cl2N5O4. The Balaban J connectivity index is 1.10. The van der Waals surface area contributed by atoms with Gasteiger partial charge < -0.3 is 33.6 Å². The number of hydrogen-bond acceptors (Lipinski definition) is 7. The summed E-state index contributed by atoms with van der Waals surface area (Å²) in [5, 5.41) is 4.76. The normalized spacial score (nSPS) is 14.6. The van der Waals surface area contributed by atoms with E-state index < -0.39 is 0 Å². The van der Waals surface area contributed by atoms with E-state index in [1.807, 2.05) is 55.6 Å². The molecule has 0 saturated carbocycles. The highest BCUT2D eigenvalue weighted by Crippen LogP contribution is 2.31. The van der Waals surface area contributed by atoms with Gasteiger partial charge in [-0.05, 0) is 79.9 Å². The van der Waals surface area contributed by atoms with Crippen molar-refractivity contribution >= 4 is 46.1 Å². The van der Waals surface area contributed by atoms with Crippen molar-refractivity contribution in [2.24, 2.45) is 0 Å². The van der Waals surface area contributed by atoms with E-state index in [4.69, 9.17) is 42.1 Å². The molecule has 48 heavy (non-hydrogen) atoms. The van der Waals surface area contributed by atoms with Gasteiger partial charge in [0.25, 0.3) is 5.91 Å². The number of rotatable bonds is 13. The standard InChI is InChI=1S/C37H41Cl2N5O4/c1-42(36(45)30-12-11-28(46-2)22-35(30)47-3)23-26(25-10-13-31(38)32(39)21-25)14-17-43-18-15-27(16-19-43)40-37-41-33-8-4-5-9-34(33)44(37)24-29-7-6-20-48-29/h4-13,20-22,26-27H,14-19,23-24H2,1-3H3,(H,40,41). The molecule has 1 unspecified atom stereocenters. The number of ether oxygens (including phenoxy) is 2. The quantitative estimate of drug-likeness (QED) is 0.135. The van der Waals surface area contributed by atoms with Crippen LogP contribution in [-0.2, 0) is 6.54 Å². The zero-order valence-electron chi connectivity index (χ0n) is 27.5. The number of piperidine rings is 1. The lowest BCUT2D eigenvalue weighted by Gasteiger charge is -2.34. The number of methoxy groups -OCH3 is 2.